The number of carbonyl (C=O) groups is 1. The summed E-state index contributed by atoms with van der Waals surface area (Å²) in [7, 11) is 1.65. The molecule has 0 atom stereocenters. The highest BCUT2D eigenvalue weighted by Crippen LogP contribution is 2.22. The molecule has 2 heterocycles. The molecular formula is C10H7Cl2N3O. The van der Waals surface area contributed by atoms with Crippen LogP contribution in [0.5, 0.6) is 0 Å². The number of aryl methyl sites for hydroxylation is 1. The van der Waals surface area contributed by atoms with E-state index in [0.717, 1.165) is 0 Å². The minimum Gasteiger partial charge on any atom is -0.287 e. The molecule has 0 aliphatic carbocycles. The van der Waals surface area contributed by atoms with Crippen LogP contribution in [-0.2, 0) is 7.05 Å². The normalized spacial score (nSPS) is 10.4. The summed E-state index contributed by atoms with van der Waals surface area (Å²) in [6.45, 7) is 0. The molecule has 16 heavy (non-hydrogen) atoms. The summed E-state index contributed by atoms with van der Waals surface area (Å²) >= 11 is 11.8. The Balaban J connectivity index is 2.52. The second-order valence-electron chi connectivity index (χ2n) is 3.15. The van der Waals surface area contributed by atoms with E-state index >= 15 is 0 Å². The van der Waals surface area contributed by atoms with E-state index in [0.29, 0.717) is 21.3 Å². The SMILES string of the molecule is Cn1ncc(Cl)c1C(=O)c1ccncc1Cl. The first-order valence-corrected chi connectivity index (χ1v) is 5.18. The van der Waals surface area contributed by atoms with E-state index in [1.54, 1.807) is 13.1 Å². The van der Waals surface area contributed by atoms with Gasteiger partial charge in [-0.3, -0.25) is 14.5 Å². The fraction of sp³-hybridized carbons (Fsp3) is 0.100. The van der Waals surface area contributed by atoms with E-state index in [-0.39, 0.29) is 5.78 Å². The van der Waals surface area contributed by atoms with Crippen molar-refractivity contribution in [2.45, 2.75) is 0 Å². The Morgan fingerprint density at radius 1 is 1.31 bits per heavy atom. The predicted octanol–water partition coefficient (Wildman–Crippen LogP) is 2.35. The van der Waals surface area contributed by atoms with Crippen molar-refractivity contribution in [2.24, 2.45) is 7.05 Å². The van der Waals surface area contributed by atoms with Crippen molar-refractivity contribution >= 4 is 29.0 Å². The minimum atomic E-state index is -0.266. The van der Waals surface area contributed by atoms with Crippen LogP contribution in [0, 0.1) is 0 Å². The van der Waals surface area contributed by atoms with Crippen molar-refractivity contribution in [3.63, 3.8) is 0 Å². The predicted molar refractivity (Wildman–Crippen MR) is 60.9 cm³/mol. The quantitative estimate of drug-likeness (QED) is 0.775. The smallest absolute Gasteiger partial charge is 0.214 e. The zero-order valence-electron chi connectivity index (χ0n) is 8.32. The van der Waals surface area contributed by atoms with Crippen LogP contribution < -0.4 is 0 Å². The van der Waals surface area contributed by atoms with Gasteiger partial charge < -0.3 is 0 Å². The number of pyridine rings is 1. The molecule has 2 aromatic rings. The van der Waals surface area contributed by atoms with Crippen LogP contribution in [0.1, 0.15) is 16.1 Å². The number of nitrogens with zero attached hydrogens (tertiary/aromatic N) is 3. The first-order valence-electron chi connectivity index (χ1n) is 4.43. The molecule has 0 spiro atoms. The molecule has 2 aromatic heterocycles. The van der Waals surface area contributed by atoms with Gasteiger partial charge in [0.15, 0.2) is 0 Å². The Morgan fingerprint density at radius 2 is 2.06 bits per heavy atom. The Morgan fingerprint density at radius 3 is 2.62 bits per heavy atom. The molecule has 4 nitrogen and oxygen atoms in total. The number of rotatable bonds is 2. The van der Waals surface area contributed by atoms with Crippen molar-refractivity contribution in [2.75, 3.05) is 0 Å². The highest BCUT2D eigenvalue weighted by molar-refractivity contribution is 6.37. The van der Waals surface area contributed by atoms with Crippen molar-refractivity contribution in [3.8, 4) is 0 Å². The Hall–Kier alpha value is -1.39. The van der Waals surface area contributed by atoms with Gasteiger partial charge in [-0.1, -0.05) is 23.2 Å². The lowest BCUT2D eigenvalue weighted by molar-refractivity contribution is 0.103. The number of hydrogen-bond acceptors (Lipinski definition) is 3. The van der Waals surface area contributed by atoms with Gasteiger partial charge in [0.25, 0.3) is 0 Å². The first kappa shape index (κ1) is 11.1. The summed E-state index contributed by atoms with van der Waals surface area (Å²) < 4.78 is 1.42. The first-order chi connectivity index (χ1) is 7.61. The van der Waals surface area contributed by atoms with Gasteiger partial charge in [-0.2, -0.15) is 5.10 Å². The largest absolute Gasteiger partial charge is 0.287 e. The second-order valence-corrected chi connectivity index (χ2v) is 3.96. The van der Waals surface area contributed by atoms with Crippen LogP contribution in [-0.4, -0.2) is 20.5 Å². The molecule has 0 N–H and O–H groups in total. The van der Waals surface area contributed by atoms with Gasteiger partial charge in [-0.15, -0.1) is 0 Å². The number of ketones is 1. The third-order valence-electron chi connectivity index (χ3n) is 2.13. The average molecular weight is 256 g/mol. The average Bonchev–Trinajstić information content (AvgIpc) is 2.58. The van der Waals surface area contributed by atoms with Crippen LogP contribution in [0.25, 0.3) is 0 Å². The third-order valence-corrected chi connectivity index (χ3v) is 2.70. The molecular weight excluding hydrogens is 249 g/mol. The molecule has 0 aromatic carbocycles. The van der Waals surface area contributed by atoms with E-state index in [1.165, 1.54) is 23.3 Å². The van der Waals surface area contributed by atoms with Gasteiger partial charge in [0.2, 0.25) is 5.78 Å². The van der Waals surface area contributed by atoms with E-state index in [2.05, 4.69) is 10.1 Å². The summed E-state index contributed by atoms with van der Waals surface area (Å²) in [5.41, 5.74) is 0.678. The molecule has 2 rings (SSSR count). The number of carbonyl (C=O) groups excluding carboxylic acids is 1. The molecule has 0 radical (unpaired) electrons. The molecule has 0 aliphatic rings. The maximum Gasteiger partial charge on any atom is 0.214 e. The highest BCUT2D eigenvalue weighted by Gasteiger charge is 2.19. The molecule has 0 aliphatic heterocycles. The highest BCUT2D eigenvalue weighted by atomic mass is 35.5. The molecule has 0 saturated heterocycles. The summed E-state index contributed by atoms with van der Waals surface area (Å²) in [6, 6.07) is 1.55. The summed E-state index contributed by atoms with van der Waals surface area (Å²) in [5.74, 6) is -0.266. The zero-order valence-corrected chi connectivity index (χ0v) is 9.83. The topological polar surface area (TPSA) is 47.8 Å². The van der Waals surface area contributed by atoms with Crippen molar-refractivity contribution in [1.29, 1.82) is 0 Å². The number of aromatic nitrogens is 3. The minimum absolute atomic E-state index is 0.266. The Kier molecular flexibility index (Phi) is 2.94. The molecule has 82 valence electrons. The molecule has 0 fully saturated rings. The van der Waals surface area contributed by atoms with Gasteiger partial charge in [-0.05, 0) is 6.07 Å². The van der Waals surface area contributed by atoms with Crippen LogP contribution in [0.4, 0.5) is 0 Å². The van der Waals surface area contributed by atoms with Gasteiger partial charge in [0.05, 0.1) is 16.2 Å². The van der Waals surface area contributed by atoms with Gasteiger partial charge >= 0.3 is 0 Å². The van der Waals surface area contributed by atoms with Gasteiger partial charge in [0, 0.05) is 25.0 Å². The van der Waals surface area contributed by atoms with E-state index < -0.39 is 0 Å². The van der Waals surface area contributed by atoms with Crippen LogP contribution in [0.15, 0.2) is 24.7 Å². The van der Waals surface area contributed by atoms with Crippen LogP contribution in [0.3, 0.4) is 0 Å². The van der Waals surface area contributed by atoms with Crippen LogP contribution in [0.2, 0.25) is 10.0 Å². The maximum atomic E-state index is 12.1. The fourth-order valence-corrected chi connectivity index (χ4v) is 1.81. The second kappa shape index (κ2) is 4.23. The maximum absolute atomic E-state index is 12.1. The van der Waals surface area contributed by atoms with Crippen molar-refractivity contribution < 1.29 is 4.79 Å². The van der Waals surface area contributed by atoms with Crippen molar-refractivity contribution in [3.05, 3.63) is 46.0 Å². The van der Waals surface area contributed by atoms with Crippen LogP contribution >= 0.6 is 23.2 Å². The zero-order chi connectivity index (χ0) is 11.7. The molecule has 0 amide bonds. The van der Waals surface area contributed by atoms with E-state index in [9.17, 15) is 4.79 Å². The fourth-order valence-electron chi connectivity index (χ4n) is 1.35. The molecule has 0 bridgehead atoms. The third kappa shape index (κ3) is 1.81. The summed E-state index contributed by atoms with van der Waals surface area (Å²) in [5, 5.41) is 4.50. The van der Waals surface area contributed by atoms with E-state index in [1.807, 2.05) is 0 Å². The lowest BCUT2D eigenvalue weighted by atomic mass is 10.1. The molecule has 6 heteroatoms. The van der Waals surface area contributed by atoms with Crippen molar-refractivity contribution in [1.82, 2.24) is 14.8 Å². The molecule has 0 unspecified atom stereocenters. The Labute approximate surface area is 102 Å². The Bertz CT molecular complexity index is 531. The van der Waals surface area contributed by atoms with Gasteiger partial charge in [-0.25, -0.2) is 0 Å². The lowest BCUT2D eigenvalue weighted by Crippen LogP contribution is -2.09. The summed E-state index contributed by atoms with van der Waals surface area (Å²) in [4.78, 5) is 15.9. The lowest BCUT2D eigenvalue weighted by Gasteiger charge is -2.03. The van der Waals surface area contributed by atoms with Gasteiger partial charge in [0.1, 0.15) is 5.69 Å². The standard InChI is InChI=1S/C10H7Cl2N3O/c1-15-9(8(12)5-14-15)10(16)6-2-3-13-4-7(6)11/h2-5H,1H3. The monoisotopic (exact) mass is 255 g/mol. The number of hydrogen-bond donors (Lipinski definition) is 0. The summed E-state index contributed by atoms with van der Waals surface area (Å²) in [6.07, 6.45) is 4.34. The molecule has 0 saturated carbocycles. The number of halogens is 2. The van der Waals surface area contributed by atoms with E-state index in [4.69, 9.17) is 23.2 Å².